The SMILES string of the molecule is Cc1ccc([C@@]23CCC[C@@](c4ccc(C)cc4)(CC2)OO3)cc1. The maximum absolute atomic E-state index is 6.10. The quantitative estimate of drug-likeness (QED) is 0.699. The molecule has 2 saturated heterocycles. The summed E-state index contributed by atoms with van der Waals surface area (Å²) in [5, 5.41) is 0. The molecule has 2 bridgehead atoms. The van der Waals surface area contributed by atoms with E-state index >= 15 is 0 Å². The lowest BCUT2D eigenvalue weighted by atomic mass is 9.82. The van der Waals surface area contributed by atoms with Crippen LogP contribution in [0.15, 0.2) is 48.5 Å². The third-order valence-electron chi connectivity index (χ3n) is 5.61. The van der Waals surface area contributed by atoms with Gasteiger partial charge in [-0.3, -0.25) is 0 Å². The van der Waals surface area contributed by atoms with Gasteiger partial charge in [-0.15, -0.1) is 0 Å². The Morgan fingerprint density at radius 3 is 1.35 bits per heavy atom. The van der Waals surface area contributed by atoms with Crippen molar-refractivity contribution in [3.63, 3.8) is 0 Å². The number of fused-ring (bicyclic) bond motifs is 4. The highest BCUT2D eigenvalue weighted by atomic mass is 17.2. The molecule has 5 rings (SSSR count). The molecule has 0 radical (unpaired) electrons. The zero-order chi connectivity index (χ0) is 15.9. The van der Waals surface area contributed by atoms with E-state index in [0.717, 1.165) is 32.1 Å². The lowest BCUT2D eigenvalue weighted by molar-refractivity contribution is -0.444. The average molecular weight is 308 g/mol. The van der Waals surface area contributed by atoms with E-state index in [1.807, 2.05) is 0 Å². The molecule has 2 atom stereocenters. The van der Waals surface area contributed by atoms with Gasteiger partial charge >= 0.3 is 0 Å². The fraction of sp³-hybridized carbons (Fsp3) is 0.429. The largest absolute Gasteiger partial charge is 0.224 e. The van der Waals surface area contributed by atoms with E-state index in [-0.39, 0.29) is 11.2 Å². The molecule has 2 heteroatoms. The fourth-order valence-electron chi connectivity index (χ4n) is 4.03. The molecule has 0 aromatic heterocycles. The van der Waals surface area contributed by atoms with Gasteiger partial charge in [-0.25, -0.2) is 9.78 Å². The van der Waals surface area contributed by atoms with E-state index in [2.05, 4.69) is 62.4 Å². The van der Waals surface area contributed by atoms with E-state index in [9.17, 15) is 0 Å². The van der Waals surface area contributed by atoms with Crippen molar-refractivity contribution in [3.8, 4) is 0 Å². The van der Waals surface area contributed by atoms with Crippen molar-refractivity contribution in [2.75, 3.05) is 0 Å². The smallest absolute Gasteiger partial charge is 0.129 e. The summed E-state index contributed by atoms with van der Waals surface area (Å²) in [6.45, 7) is 4.24. The Morgan fingerprint density at radius 1 is 0.609 bits per heavy atom. The van der Waals surface area contributed by atoms with Gasteiger partial charge in [-0.2, -0.15) is 0 Å². The summed E-state index contributed by atoms with van der Waals surface area (Å²) in [5.41, 5.74) is 4.54. The first-order chi connectivity index (χ1) is 11.1. The zero-order valence-electron chi connectivity index (χ0n) is 14.0. The summed E-state index contributed by atoms with van der Waals surface area (Å²) in [7, 11) is 0. The van der Waals surface area contributed by atoms with Crippen LogP contribution in [0.4, 0.5) is 0 Å². The molecule has 0 amide bonds. The molecule has 2 aliphatic heterocycles. The second-order valence-electron chi connectivity index (χ2n) is 7.24. The van der Waals surface area contributed by atoms with Crippen LogP contribution in [-0.2, 0) is 21.0 Å². The number of aryl methyl sites for hydroxylation is 2. The van der Waals surface area contributed by atoms with Crippen LogP contribution in [0.25, 0.3) is 0 Å². The van der Waals surface area contributed by atoms with E-state index in [4.69, 9.17) is 9.78 Å². The number of benzene rings is 2. The molecule has 3 fully saturated rings. The third kappa shape index (κ3) is 2.50. The minimum atomic E-state index is -0.265. The van der Waals surface area contributed by atoms with Crippen molar-refractivity contribution in [3.05, 3.63) is 70.8 Å². The zero-order valence-corrected chi connectivity index (χ0v) is 14.0. The minimum Gasteiger partial charge on any atom is -0.224 e. The molecule has 2 heterocycles. The number of hydrogen-bond acceptors (Lipinski definition) is 2. The Hall–Kier alpha value is -1.64. The first-order valence-electron chi connectivity index (χ1n) is 8.63. The summed E-state index contributed by atoms with van der Waals surface area (Å²) in [6, 6.07) is 17.5. The highest BCUT2D eigenvalue weighted by molar-refractivity contribution is 5.31. The van der Waals surface area contributed by atoms with E-state index < -0.39 is 0 Å². The highest BCUT2D eigenvalue weighted by Gasteiger charge is 2.50. The van der Waals surface area contributed by atoms with Gasteiger partial charge < -0.3 is 0 Å². The summed E-state index contributed by atoms with van der Waals surface area (Å²) in [5.74, 6) is 0. The minimum absolute atomic E-state index is 0.265. The maximum atomic E-state index is 6.10. The summed E-state index contributed by atoms with van der Waals surface area (Å²) in [4.78, 5) is 12.2. The van der Waals surface area contributed by atoms with Gasteiger partial charge in [0, 0.05) is 0 Å². The average Bonchev–Trinajstić information content (AvgIpc) is 2.88. The molecule has 120 valence electrons. The van der Waals surface area contributed by atoms with E-state index in [1.165, 1.54) is 22.3 Å². The number of hydrogen-bond donors (Lipinski definition) is 0. The molecule has 1 aliphatic carbocycles. The molecule has 0 N–H and O–H groups in total. The van der Waals surface area contributed by atoms with Crippen LogP contribution in [0.1, 0.15) is 54.4 Å². The van der Waals surface area contributed by atoms with Gasteiger partial charge in [0.25, 0.3) is 0 Å². The molecule has 1 saturated carbocycles. The van der Waals surface area contributed by atoms with Crippen LogP contribution in [0.5, 0.6) is 0 Å². The van der Waals surface area contributed by atoms with Gasteiger partial charge in [0.2, 0.25) is 0 Å². The Balaban J connectivity index is 1.65. The highest BCUT2D eigenvalue weighted by Crippen LogP contribution is 2.52. The Morgan fingerprint density at radius 2 is 1.00 bits per heavy atom. The van der Waals surface area contributed by atoms with Crippen molar-refractivity contribution >= 4 is 0 Å². The molecule has 2 aromatic carbocycles. The summed E-state index contributed by atoms with van der Waals surface area (Å²) >= 11 is 0. The Labute approximate surface area is 138 Å². The van der Waals surface area contributed by atoms with Crippen molar-refractivity contribution < 1.29 is 9.78 Å². The van der Waals surface area contributed by atoms with Crippen molar-refractivity contribution in [1.82, 2.24) is 0 Å². The fourth-order valence-corrected chi connectivity index (χ4v) is 4.03. The molecule has 0 spiro atoms. The van der Waals surface area contributed by atoms with Gasteiger partial charge in [-0.05, 0) is 57.1 Å². The normalized spacial score (nSPS) is 30.2. The lowest BCUT2D eigenvalue weighted by Gasteiger charge is -2.42. The van der Waals surface area contributed by atoms with Crippen LogP contribution in [0, 0.1) is 13.8 Å². The van der Waals surface area contributed by atoms with E-state index in [0.29, 0.717) is 0 Å². The predicted molar refractivity (Wildman–Crippen MR) is 91.0 cm³/mol. The summed E-state index contributed by atoms with van der Waals surface area (Å²) < 4.78 is 0. The van der Waals surface area contributed by atoms with Crippen LogP contribution in [-0.4, -0.2) is 0 Å². The first kappa shape index (κ1) is 14.9. The molecular formula is C21H24O2. The first-order valence-corrected chi connectivity index (χ1v) is 8.63. The van der Waals surface area contributed by atoms with Gasteiger partial charge in [0.15, 0.2) is 0 Å². The lowest BCUT2D eigenvalue weighted by Crippen LogP contribution is -2.40. The second-order valence-corrected chi connectivity index (χ2v) is 7.24. The van der Waals surface area contributed by atoms with Gasteiger partial charge in [0.05, 0.1) is 0 Å². The Bertz CT molecular complexity index is 615. The molecule has 2 aromatic rings. The molecule has 23 heavy (non-hydrogen) atoms. The third-order valence-corrected chi connectivity index (χ3v) is 5.61. The van der Waals surface area contributed by atoms with Gasteiger partial charge in [0.1, 0.15) is 11.2 Å². The molecule has 3 aliphatic rings. The van der Waals surface area contributed by atoms with Crippen molar-refractivity contribution in [1.29, 1.82) is 0 Å². The van der Waals surface area contributed by atoms with Crippen LogP contribution >= 0.6 is 0 Å². The predicted octanol–water partition coefficient (Wildman–Crippen LogP) is 5.32. The number of rotatable bonds is 2. The van der Waals surface area contributed by atoms with Crippen LogP contribution < -0.4 is 0 Å². The molecule has 2 nitrogen and oxygen atoms in total. The Kier molecular flexibility index (Phi) is 3.55. The summed E-state index contributed by atoms with van der Waals surface area (Å²) in [6.07, 6.45) is 5.23. The molecular weight excluding hydrogens is 284 g/mol. The second kappa shape index (κ2) is 5.47. The van der Waals surface area contributed by atoms with Crippen molar-refractivity contribution in [2.24, 2.45) is 0 Å². The van der Waals surface area contributed by atoms with Crippen LogP contribution in [0.2, 0.25) is 0 Å². The van der Waals surface area contributed by atoms with Crippen molar-refractivity contribution in [2.45, 2.75) is 57.2 Å². The standard InChI is InChI=1S/C21H24O2/c1-16-4-8-18(9-5-16)20-12-3-13-21(15-14-20,23-22-20)19-10-6-17(2)7-11-19/h4-11H,3,12-15H2,1-2H3/t20-,21+. The maximum Gasteiger partial charge on any atom is 0.129 e. The topological polar surface area (TPSA) is 18.5 Å². The van der Waals surface area contributed by atoms with Gasteiger partial charge in [-0.1, -0.05) is 59.7 Å². The van der Waals surface area contributed by atoms with E-state index in [1.54, 1.807) is 0 Å². The molecule has 0 unspecified atom stereocenters. The monoisotopic (exact) mass is 308 g/mol. The van der Waals surface area contributed by atoms with Crippen LogP contribution in [0.3, 0.4) is 0 Å².